The van der Waals surface area contributed by atoms with Crippen molar-refractivity contribution in [3.63, 3.8) is 0 Å². The maximum atomic E-state index is 14.6. The lowest BCUT2D eigenvalue weighted by Gasteiger charge is -2.17. The largest absolute Gasteiger partial charge is 0.444 e. The van der Waals surface area contributed by atoms with Crippen molar-refractivity contribution in [2.45, 2.75) is 11.7 Å². The number of pyridine rings is 1. The first-order valence-electron chi connectivity index (χ1n) is 10.4. The van der Waals surface area contributed by atoms with Crippen LogP contribution < -0.4 is 15.5 Å². The molecule has 2 heterocycles. The van der Waals surface area contributed by atoms with E-state index in [1.807, 2.05) is 0 Å². The van der Waals surface area contributed by atoms with Crippen molar-refractivity contribution in [2.75, 3.05) is 10.7 Å². The van der Waals surface area contributed by atoms with Crippen LogP contribution in [0.3, 0.4) is 0 Å². The fourth-order valence-electron chi connectivity index (χ4n) is 2.87. The van der Waals surface area contributed by atoms with Crippen LogP contribution in [0.2, 0.25) is 10.2 Å². The van der Waals surface area contributed by atoms with Crippen LogP contribution in [0.15, 0.2) is 65.9 Å². The molecule has 8 nitrogen and oxygen atoms in total. The number of halogens is 7. The van der Waals surface area contributed by atoms with Crippen molar-refractivity contribution >= 4 is 58.6 Å². The first-order chi connectivity index (χ1) is 18.1. The lowest BCUT2D eigenvalue weighted by Crippen LogP contribution is -2.32. The fourth-order valence-corrected chi connectivity index (χ4v) is 3.28. The molecule has 2 N–H and O–H groups in total. The molecule has 0 aliphatic rings. The van der Waals surface area contributed by atoms with Crippen molar-refractivity contribution in [1.29, 1.82) is 0 Å². The van der Waals surface area contributed by atoms with E-state index in [2.05, 4.69) is 40.5 Å². The van der Waals surface area contributed by atoms with Gasteiger partial charge in [0.2, 0.25) is 11.9 Å². The van der Waals surface area contributed by atoms with Gasteiger partial charge in [0.25, 0.3) is 5.63 Å². The van der Waals surface area contributed by atoms with Gasteiger partial charge in [-0.1, -0.05) is 40.9 Å². The standard InChI is InChI=1S/C23H14Cl3F4N7O/c24-15-2-1-3-16(27)18(15)19-34-21(33-13-6-9-17(25)31-11-13)36-22(35-19)37-32-10-12-4-7-14(8-5-12)38-23(29,30)20(26)28/h1-11,20H,(H2,33,34,35,36,37). The zero-order valence-corrected chi connectivity index (χ0v) is 21.0. The minimum atomic E-state index is -4.19. The number of aromatic nitrogens is 4. The number of ether oxygens (including phenoxy) is 1. The highest BCUT2D eigenvalue weighted by Crippen LogP contribution is 2.30. The molecule has 1 unspecified atom stereocenters. The number of benzene rings is 2. The molecular formula is C23H14Cl3F4N7O. The molecule has 4 aromatic rings. The predicted molar refractivity (Wildman–Crippen MR) is 137 cm³/mol. The summed E-state index contributed by atoms with van der Waals surface area (Å²) in [5.41, 5.74) is 0.470. The smallest absolute Gasteiger partial charge is 0.429 e. The summed E-state index contributed by atoms with van der Waals surface area (Å²) >= 11 is 16.8. The minimum absolute atomic E-state index is 0.0176. The summed E-state index contributed by atoms with van der Waals surface area (Å²) in [5, 5.41) is 7.26. The Kier molecular flexibility index (Phi) is 8.45. The molecular weight excluding hydrogens is 573 g/mol. The SMILES string of the molecule is Fc1cccc(Cl)c1-c1nc(NN=Cc2ccc(OC(F)(F)C(F)Cl)cc2)nc(Nc2ccc(Cl)nc2)n1. The molecule has 0 saturated heterocycles. The van der Waals surface area contributed by atoms with Crippen LogP contribution in [0.25, 0.3) is 11.4 Å². The molecule has 0 radical (unpaired) electrons. The van der Waals surface area contributed by atoms with Crippen molar-refractivity contribution in [2.24, 2.45) is 5.10 Å². The number of anilines is 3. The Bertz CT molecular complexity index is 1420. The van der Waals surface area contributed by atoms with Crippen molar-refractivity contribution in [3.8, 4) is 17.1 Å². The first kappa shape index (κ1) is 27.3. The van der Waals surface area contributed by atoms with Crippen LogP contribution in [-0.2, 0) is 0 Å². The molecule has 15 heteroatoms. The molecule has 0 amide bonds. The van der Waals surface area contributed by atoms with Crippen LogP contribution in [0.4, 0.5) is 35.1 Å². The molecule has 2 aromatic carbocycles. The summed E-state index contributed by atoms with van der Waals surface area (Å²) in [5.74, 6) is -1.11. The summed E-state index contributed by atoms with van der Waals surface area (Å²) in [6.07, 6.45) is -1.43. The minimum Gasteiger partial charge on any atom is -0.429 e. The van der Waals surface area contributed by atoms with E-state index in [1.54, 1.807) is 12.1 Å². The van der Waals surface area contributed by atoms with E-state index in [9.17, 15) is 17.6 Å². The monoisotopic (exact) mass is 585 g/mol. The number of nitrogens with zero attached hydrogens (tertiary/aromatic N) is 5. The van der Waals surface area contributed by atoms with E-state index >= 15 is 0 Å². The highest BCUT2D eigenvalue weighted by molar-refractivity contribution is 6.33. The third kappa shape index (κ3) is 6.97. The quantitative estimate of drug-likeness (QED) is 0.0711. The van der Waals surface area contributed by atoms with Gasteiger partial charge in [-0.25, -0.2) is 19.2 Å². The fraction of sp³-hybridized carbons (Fsp3) is 0.0870. The van der Waals surface area contributed by atoms with Crippen molar-refractivity contribution < 1.29 is 22.3 Å². The average Bonchev–Trinajstić information content (AvgIpc) is 2.86. The second-order valence-electron chi connectivity index (χ2n) is 7.30. The summed E-state index contributed by atoms with van der Waals surface area (Å²) in [7, 11) is 0. The average molecular weight is 587 g/mol. The van der Waals surface area contributed by atoms with Crippen LogP contribution in [-0.4, -0.2) is 37.9 Å². The van der Waals surface area contributed by atoms with E-state index in [4.69, 9.17) is 34.8 Å². The van der Waals surface area contributed by atoms with Gasteiger partial charge in [0.05, 0.1) is 28.7 Å². The van der Waals surface area contributed by atoms with Gasteiger partial charge in [-0.15, -0.1) is 0 Å². The summed E-state index contributed by atoms with van der Waals surface area (Å²) < 4.78 is 58.1. The zero-order valence-electron chi connectivity index (χ0n) is 18.7. The number of alkyl halides is 4. The number of hydrazone groups is 1. The van der Waals surface area contributed by atoms with E-state index < -0.39 is 17.6 Å². The van der Waals surface area contributed by atoms with Gasteiger partial charge in [0, 0.05) is 0 Å². The van der Waals surface area contributed by atoms with Gasteiger partial charge < -0.3 is 10.1 Å². The summed E-state index contributed by atoms with van der Waals surface area (Å²) in [6, 6.07) is 12.4. The van der Waals surface area contributed by atoms with E-state index in [1.165, 1.54) is 54.9 Å². The Morgan fingerprint density at radius 3 is 2.37 bits per heavy atom. The Hall–Kier alpha value is -3.74. The Balaban J connectivity index is 1.57. The number of nitrogens with one attached hydrogen (secondary N) is 2. The third-order valence-corrected chi connectivity index (χ3v) is 5.36. The van der Waals surface area contributed by atoms with E-state index in [0.29, 0.717) is 11.3 Å². The maximum absolute atomic E-state index is 14.6. The summed E-state index contributed by atoms with van der Waals surface area (Å²) in [6.45, 7) is 0. The number of hydrogen-bond donors (Lipinski definition) is 2. The van der Waals surface area contributed by atoms with Crippen LogP contribution in [0, 0.1) is 5.82 Å². The molecule has 1 atom stereocenters. The maximum Gasteiger partial charge on any atom is 0.444 e. The molecule has 0 saturated carbocycles. The highest BCUT2D eigenvalue weighted by atomic mass is 35.5. The van der Waals surface area contributed by atoms with Crippen LogP contribution in [0.1, 0.15) is 5.56 Å². The van der Waals surface area contributed by atoms with Gasteiger partial charge in [-0.05, 0) is 54.1 Å². The van der Waals surface area contributed by atoms with E-state index in [0.717, 1.165) is 0 Å². The van der Waals surface area contributed by atoms with E-state index in [-0.39, 0.29) is 39.2 Å². The lowest BCUT2D eigenvalue weighted by atomic mass is 10.2. The van der Waals surface area contributed by atoms with Gasteiger partial charge in [-0.2, -0.15) is 28.8 Å². The first-order valence-corrected chi connectivity index (χ1v) is 11.6. The van der Waals surface area contributed by atoms with Crippen molar-refractivity contribution in [1.82, 2.24) is 19.9 Å². The normalized spacial score (nSPS) is 12.4. The number of rotatable bonds is 9. The summed E-state index contributed by atoms with van der Waals surface area (Å²) in [4.78, 5) is 16.6. The molecule has 0 bridgehead atoms. The molecule has 2 aromatic heterocycles. The Labute approximate surface area is 227 Å². The second kappa shape index (κ2) is 11.8. The Morgan fingerprint density at radius 1 is 0.974 bits per heavy atom. The van der Waals surface area contributed by atoms with Crippen molar-refractivity contribution in [3.05, 3.63) is 82.4 Å². The highest BCUT2D eigenvalue weighted by Gasteiger charge is 2.42. The molecule has 0 fully saturated rings. The van der Waals surface area contributed by atoms with Gasteiger partial charge in [-0.3, -0.25) is 0 Å². The molecule has 0 aliphatic heterocycles. The van der Waals surface area contributed by atoms with Crippen LogP contribution in [0.5, 0.6) is 5.75 Å². The molecule has 196 valence electrons. The second-order valence-corrected chi connectivity index (χ2v) is 8.48. The molecule has 4 rings (SSSR count). The van der Waals surface area contributed by atoms with Gasteiger partial charge >= 0.3 is 6.11 Å². The molecule has 0 aliphatic carbocycles. The Morgan fingerprint density at radius 2 is 1.71 bits per heavy atom. The lowest BCUT2D eigenvalue weighted by molar-refractivity contribution is -0.199. The zero-order chi connectivity index (χ0) is 27.3. The van der Waals surface area contributed by atoms with Gasteiger partial charge in [0.15, 0.2) is 5.82 Å². The number of hydrogen-bond acceptors (Lipinski definition) is 8. The van der Waals surface area contributed by atoms with Gasteiger partial charge in [0.1, 0.15) is 16.7 Å². The van der Waals surface area contributed by atoms with Crippen LogP contribution >= 0.6 is 34.8 Å². The molecule has 38 heavy (non-hydrogen) atoms. The molecule has 0 spiro atoms. The topological polar surface area (TPSA) is 97.2 Å². The predicted octanol–water partition coefficient (Wildman–Crippen LogP) is 7.08. The third-order valence-electron chi connectivity index (χ3n) is 4.57.